The first kappa shape index (κ1) is 25.8. The first-order valence-electron chi connectivity index (χ1n) is 12.5. The second-order valence-electron chi connectivity index (χ2n) is 8.58. The second kappa shape index (κ2) is 12.6. The molecular weight excluding hydrogens is 544 g/mol. The van der Waals surface area contributed by atoms with Crippen molar-refractivity contribution in [3.63, 3.8) is 0 Å². The van der Waals surface area contributed by atoms with Gasteiger partial charge < -0.3 is 9.47 Å². The SMILES string of the molecule is C1=N/n2cnnc2SCc2cccc(c2)CSc2nncn2/N=C/c2ccccc2OCCOc2ccccc2/1. The molecule has 6 rings (SSSR count). The maximum Gasteiger partial charge on any atom is 0.212 e. The molecule has 1 aliphatic rings. The van der Waals surface area contributed by atoms with Gasteiger partial charge >= 0.3 is 0 Å². The topological polar surface area (TPSA) is 105 Å². The van der Waals surface area contributed by atoms with E-state index in [0.29, 0.717) is 35.0 Å². The predicted molar refractivity (Wildman–Crippen MR) is 155 cm³/mol. The molecule has 200 valence electrons. The van der Waals surface area contributed by atoms with Crippen molar-refractivity contribution in [3.8, 4) is 11.5 Å². The molecule has 5 aromatic rings. The van der Waals surface area contributed by atoms with Gasteiger partial charge in [0.25, 0.3) is 0 Å². The summed E-state index contributed by atoms with van der Waals surface area (Å²) >= 11 is 3.15. The van der Waals surface area contributed by atoms with Crippen molar-refractivity contribution in [3.05, 3.63) is 108 Å². The summed E-state index contributed by atoms with van der Waals surface area (Å²) in [4.78, 5) is 0. The second-order valence-corrected chi connectivity index (χ2v) is 10.5. The molecule has 2 aromatic heterocycles. The number of ether oxygens (including phenoxy) is 2. The fourth-order valence-electron chi connectivity index (χ4n) is 3.88. The Morgan fingerprint density at radius 2 is 1.10 bits per heavy atom. The average molecular weight is 569 g/mol. The van der Waals surface area contributed by atoms with Crippen LogP contribution in [-0.2, 0) is 11.5 Å². The maximum absolute atomic E-state index is 6.04. The van der Waals surface area contributed by atoms with Crippen LogP contribution in [0.3, 0.4) is 0 Å². The molecular formula is C28H24N8O2S2. The minimum atomic E-state index is 0.356. The van der Waals surface area contributed by atoms with Crippen molar-refractivity contribution in [2.75, 3.05) is 13.2 Å². The van der Waals surface area contributed by atoms with Crippen molar-refractivity contribution < 1.29 is 9.47 Å². The van der Waals surface area contributed by atoms with Crippen LogP contribution in [0.5, 0.6) is 11.5 Å². The van der Waals surface area contributed by atoms with Gasteiger partial charge in [0.1, 0.15) is 37.4 Å². The van der Waals surface area contributed by atoms with Crippen LogP contribution >= 0.6 is 23.5 Å². The molecule has 0 fully saturated rings. The van der Waals surface area contributed by atoms with Gasteiger partial charge in [-0.15, -0.1) is 20.4 Å². The number of hydrogen-bond acceptors (Lipinski definition) is 10. The summed E-state index contributed by atoms with van der Waals surface area (Å²) in [7, 11) is 0. The average Bonchev–Trinajstić information content (AvgIpc) is 3.65. The van der Waals surface area contributed by atoms with E-state index in [1.807, 2.05) is 48.5 Å². The molecule has 0 atom stereocenters. The van der Waals surface area contributed by atoms with Crippen molar-refractivity contribution >= 4 is 36.0 Å². The molecule has 10 nitrogen and oxygen atoms in total. The molecule has 0 N–H and O–H groups in total. The Morgan fingerprint density at radius 1 is 0.600 bits per heavy atom. The van der Waals surface area contributed by atoms with E-state index in [-0.39, 0.29) is 0 Å². The van der Waals surface area contributed by atoms with Crippen LogP contribution in [0.15, 0.2) is 106 Å². The molecule has 0 spiro atoms. The molecule has 0 radical (unpaired) electrons. The van der Waals surface area contributed by atoms with E-state index in [4.69, 9.17) is 9.47 Å². The van der Waals surface area contributed by atoms with Gasteiger partial charge in [-0.25, -0.2) is 0 Å². The lowest BCUT2D eigenvalue weighted by molar-refractivity contribution is 0.217. The van der Waals surface area contributed by atoms with Gasteiger partial charge in [0.05, 0.1) is 12.4 Å². The number of nitrogens with zero attached hydrogens (tertiary/aromatic N) is 8. The molecule has 0 unspecified atom stereocenters. The Hall–Kier alpha value is -4.42. The van der Waals surface area contributed by atoms with Crippen LogP contribution in [0.4, 0.5) is 0 Å². The Balaban J connectivity index is 1.29. The first-order chi connectivity index (χ1) is 19.8. The van der Waals surface area contributed by atoms with E-state index < -0.39 is 0 Å². The van der Waals surface area contributed by atoms with E-state index in [1.165, 1.54) is 11.1 Å². The summed E-state index contributed by atoms with van der Waals surface area (Å²) < 4.78 is 15.4. The van der Waals surface area contributed by atoms with Crippen LogP contribution < -0.4 is 9.47 Å². The van der Waals surface area contributed by atoms with E-state index in [0.717, 1.165) is 22.6 Å². The van der Waals surface area contributed by atoms with Crippen LogP contribution in [0.2, 0.25) is 0 Å². The molecule has 12 heteroatoms. The number of para-hydroxylation sites is 2. The number of rotatable bonds is 0. The molecule has 2 bridgehead atoms. The molecule has 0 amide bonds. The Bertz CT molecular complexity index is 1530. The standard InChI is InChI=1S/C28H24N8O2S2/c1-3-10-25-23(8-1)15-31-35-19-29-33-27(35)39-17-21-6-5-7-22(14-21)18-40-28-34-30-20-36(28)32-16-24-9-2-4-11-26(24)38-13-12-37-25/h1-11,14-16,19-20H,12-13,17-18H2/b31-15+,32-16+. The fourth-order valence-corrected chi connectivity index (χ4v) is 5.49. The fraction of sp³-hybridized carbons (Fsp3) is 0.143. The lowest BCUT2D eigenvalue weighted by Crippen LogP contribution is -2.11. The predicted octanol–water partition coefficient (Wildman–Crippen LogP) is 4.99. The highest BCUT2D eigenvalue weighted by molar-refractivity contribution is 7.98. The van der Waals surface area contributed by atoms with Gasteiger partial charge in [0.2, 0.25) is 10.3 Å². The minimum Gasteiger partial charge on any atom is -0.489 e. The van der Waals surface area contributed by atoms with E-state index in [1.54, 1.807) is 58.0 Å². The lowest BCUT2D eigenvalue weighted by Gasteiger charge is -2.11. The highest BCUT2D eigenvalue weighted by Crippen LogP contribution is 2.25. The van der Waals surface area contributed by atoms with Crippen molar-refractivity contribution in [1.29, 1.82) is 0 Å². The zero-order valence-corrected chi connectivity index (χ0v) is 22.9. The third-order valence-corrected chi connectivity index (χ3v) is 7.82. The molecule has 3 aromatic carbocycles. The van der Waals surface area contributed by atoms with Crippen LogP contribution in [0, 0.1) is 0 Å². The summed E-state index contributed by atoms with van der Waals surface area (Å²) in [5.41, 5.74) is 4.03. The third kappa shape index (κ3) is 6.41. The van der Waals surface area contributed by atoms with Gasteiger partial charge in [-0.05, 0) is 35.4 Å². The van der Waals surface area contributed by atoms with E-state index in [2.05, 4.69) is 54.9 Å². The normalized spacial score (nSPS) is 15.7. The molecule has 3 heterocycles. The number of aromatic nitrogens is 6. The van der Waals surface area contributed by atoms with Gasteiger partial charge in [-0.3, -0.25) is 0 Å². The van der Waals surface area contributed by atoms with Crippen LogP contribution in [0.25, 0.3) is 0 Å². The van der Waals surface area contributed by atoms with Gasteiger partial charge in [-0.2, -0.15) is 19.6 Å². The highest BCUT2D eigenvalue weighted by atomic mass is 32.2. The van der Waals surface area contributed by atoms with Crippen molar-refractivity contribution in [2.45, 2.75) is 21.8 Å². The van der Waals surface area contributed by atoms with E-state index in [9.17, 15) is 0 Å². The molecule has 1 aliphatic heterocycles. The van der Waals surface area contributed by atoms with E-state index >= 15 is 0 Å². The van der Waals surface area contributed by atoms with Crippen molar-refractivity contribution in [2.24, 2.45) is 10.2 Å². The lowest BCUT2D eigenvalue weighted by atomic mass is 10.2. The van der Waals surface area contributed by atoms with Crippen LogP contribution in [-0.4, -0.2) is 55.4 Å². The monoisotopic (exact) mass is 568 g/mol. The zero-order valence-electron chi connectivity index (χ0n) is 21.3. The molecule has 0 saturated carbocycles. The summed E-state index contributed by atoms with van der Waals surface area (Å²) in [6.45, 7) is 0.712. The summed E-state index contributed by atoms with van der Waals surface area (Å²) in [5.74, 6) is 2.87. The maximum atomic E-state index is 6.04. The Labute approximate surface area is 239 Å². The Morgan fingerprint density at radius 3 is 1.62 bits per heavy atom. The quantitative estimate of drug-likeness (QED) is 0.257. The van der Waals surface area contributed by atoms with Gasteiger partial charge in [-0.1, -0.05) is 72.1 Å². The zero-order chi connectivity index (χ0) is 27.0. The third-order valence-electron chi connectivity index (χ3n) is 5.81. The summed E-state index contributed by atoms with van der Waals surface area (Å²) in [5, 5.41) is 27.2. The minimum absolute atomic E-state index is 0.356. The Kier molecular flexibility index (Phi) is 8.15. The summed E-state index contributed by atoms with van der Waals surface area (Å²) in [6.07, 6.45) is 6.70. The number of hydrogen-bond donors (Lipinski definition) is 0. The molecule has 0 saturated heterocycles. The number of fused-ring (bicyclic) bond motifs is 6. The first-order valence-corrected chi connectivity index (χ1v) is 14.4. The largest absolute Gasteiger partial charge is 0.489 e. The number of thioether (sulfide) groups is 2. The number of benzene rings is 3. The summed E-state index contributed by atoms with van der Waals surface area (Å²) in [6, 6.07) is 23.9. The molecule has 40 heavy (non-hydrogen) atoms. The highest BCUT2D eigenvalue weighted by Gasteiger charge is 2.09. The smallest absolute Gasteiger partial charge is 0.212 e. The van der Waals surface area contributed by atoms with Crippen LogP contribution in [0.1, 0.15) is 22.3 Å². The van der Waals surface area contributed by atoms with Crippen molar-refractivity contribution in [1.82, 2.24) is 29.7 Å². The van der Waals surface area contributed by atoms with Gasteiger partial charge in [0, 0.05) is 22.6 Å². The van der Waals surface area contributed by atoms with Gasteiger partial charge in [0.15, 0.2) is 0 Å². The molecule has 0 aliphatic carbocycles.